The van der Waals surface area contributed by atoms with Crippen molar-refractivity contribution in [2.75, 3.05) is 0 Å². The molecule has 0 aliphatic heterocycles. The Labute approximate surface area is 99.6 Å². The molecule has 1 aromatic rings. The van der Waals surface area contributed by atoms with Gasteiger partial charge in [0.15, 0.2) is 0 Å². The molecule has 2 atom stereocenters. The Morgan fingerprint density at radius 3 is 2.50 bits per heavy atom. The topological polar surface area (TPSA) is 0 Å². The van der Waals surface area contributed by atoms with Crippen LogP contribution in [0.2, 0.25) is 0 Å². The monoisotopic (exact) mass is 244 g/mol. The fourth-order valence-electron chi connectivity index (χ4n) is 2.56. The highest BCUT2D eigenvalue weighted by Gasteiger charge is 2.45. The zero-order valence-electron chi connectivity index (χ0n) is 9.00. The van der Waals surface area contributed by atoms with Gasteiger partial charge in [-0.1, -0.05) is 43.2 Å². The molecule has 0 bridgehead atoms. The van der Waals surface area contributed by atoms with E-state index in [4.69, 9.17) is 11.6 Å². The summed E-state index contributed by atoms with van der Waals surface area (Å²) < 4.78 is 26.0. The highest BCUT2D eigenvalue weighted by Crippen LogP contribution is 2.49. The molecule has 88 valence electrons. The van der Waals surface area contributed by atoms with E-state index < -0.39 is 17.2 Å². The molecule has 1 fully saturated rings. The molecule has 1 aliphatic carbocycles. The van der Waals surface area contributed by atoms with Crippen LogP contribution >= 0.6 is 11.6 Å². The second-order valence-corrected chi connectivity index (χ2v) is 5.09. The summed E-state index contributed by atoms with van der Waals surface area (Å²) in [5.74, 6) is -0.717. The van der Waals surface area contributed by atoms with Crippen LogP contribution in [-0.2, 0) is 4.87 Å². The van der Waals surface area contributed by atoms with Gasteiger partial charge in [0.25, 0.3) is 0 Å². The minimum Gasteiger partial charge on any atom is -0.210 e. The molecule has 0 aromatic heterocycles. The third-order valence-electron chi connectivity index (χ3n) is 3.45. The Hall–Kier alpha value is -0.630. The molecule has 0 nitrogen and oxygen atoms in total. The first-order valence-electron chi connectivity index (χ1n) is 5.67. The maximum atomic E-state index is 13.0. The third-order valence-corrected chi connectivity index (χ3v) is 4.14. The molecular weight excluding hydrogens is 230 g/mol. The maximum Gasteiger partial charge on any atom is 0.243 e. The fraction of sp³-hybridized carbons (Fsp3) is 0.538. The summed E-state index contributed by atoms with van der Waals surface area (Å²) in [4.78, 5) is -0.867. The average molecular weight is 245 g/mol. The summed E-state index contributed by atoms with van der Waals surface area (Å²) in [5.41, 5.74) is 0.835. The molecule has 0 spiro atoms. The number of hydrogen-bond donors (Lipinski definition) is 0. The van der Waals surface area contributed by atoms with Crippen LogP contribution in [0.25, 0.3) is 0 Å². The van der Waals surface area contributed by atoms with Crippen molar-refractivity contribution in [3.63, 3.8) is 0 Å². The van der Waals surface area contributed by atoms with Crippen molar-refractivity contribution in [3.8, 4) is 0 Å². The molecule has 1 aromatic carbocycles. The van der Waals surface area contributed by atoms with E-state index in [0.717, 1.165) is 18.4 Å². The summed E-state index contributed by atoms with van der Waals surface area (Å²) in [6, 6.07) is 9.30. The van der Waals surface area contributed by atoms with E-state index in [1.165, 1.54) is 0 Å². The van der Waals surface area contributed by atoms with Crippen molar-refractivity contribution in [3.05, 3.63) is 35.9 Å². The Kier molecular flexibility index (Phi) is 3.48. The summed E-state index contributed by atoms with van der Waals surface area (Å²) in [6.07, 6.45) is 0.625. The molecule has 0 amide bonds. The Morgan fingerprint density at radius 2 is 1.88 bits per heavy atom. The first-order valence-corrected chi connectivity index (χ1v) is 6.05. The number of benzene rings is 1. The van der Waals surface area contributed by atoms with E-state index in [-0.39, 0.29) is 0 Å². The summed E-state index contributed by atoms with van der Waals surface area (Å²) in [7, 11) is 0. The van der Waals surface area contributed by atoms with Gasteiger partial charge < -0.3 is 0 Å². The van der Waals surface area contributed by atoms with Crippen molar-refractivity contribution in [2.45, 2.75) is 37.0 Å². The Bertz CT molecular complexity index is 339. The van der Waals surface area contributed by atoms with E-state index in [1.807, 2.05) is 30.3 Å². The van der Waals surface area contributed by atoms with Crippen LogP contribution in [-0.4, -0.2) is 6.43 Å². The van der Waals surface area contributed by atoms with E-state index in [1.54, 1.807) is 0 Å². The molecule has 0 N–H and O–H groups in total. The predicted molar refractivity (Wildman–Crippen MR) is 61.9 cm³/mol. The fourth-order valence-corrected chi connectivity index (χ4v) is 3.02. The van der Waals surface area contributed by atoms with Crippen LogP contribution < -0.4 is 0 Å². The average Bonchev–Trinajstić information content (AvgIpc) is 2.30. The van der Waals surface area contributed by atoms with Gasteiger partial charge in [0.2, 0.25) is 6.43 Å². The van der Waals surface area contributed by atoms with Gasteiger partial charge in [0.05, 0.1) is 4.87 Å². The number of hydrogen-bond acceptors (Lipinski definition) is 0. The Morgan fingerprint density at radius 1 is 1.19 bits per heavy atom. The van der Waals surface area contributed by atoms with Crippen molar-refractivity contribution < 1.29 is 8.78 Å². The molecule has 3 heteroatoms. The maximum absolute atomic E-state index is 13.0. The third kappa shape index (κ3) is 2.08. The van der Waals surface area contributed by atoms with Crippen LogP contribution in [0, 0.1) is 5.92 Å². The van der Waals surface area contributed by atoms with Crippen molar-refractivity contribution in [1.82, 2.24) is 0 Å². The van der Waals surface area contributed by atoms with Gasteiger partial charge in [-0.3, -0.25) is 0 Å². The van der Waals surface area contributed by atoms with Crippen molar-refractivity contribution >= 4 is 11.6 Å². The first kappa shape index (κ1) is 11.8. The van der Waals surface area contributed by atoms with Crippen LogP contribution in [0.3, 0.4) is 0 Å². The molecule has 2 rings (SSSR count). The van der Waals surface area contributed by atoms with E-state index in [2.05, 4.69) is 0 Å². The highest BCUT2D eigenvalue weighted by atomic mass is 35.5. The van der Waals surface area contributed by atoms with E-state index >= 15 is 0 Å². The van der Waals surface area contributed by atoms with Gasteiger partial charge in [0.1, 0.15) is 0 Å². The number of halogens is 3. The lowest BCUT2D eigenvalue weighted by atomic mass is 9.75. The van der Waals surface area contributed by atoms with Gasteiger partial charge >= 0.3 is 0 Å². The first-order chi connectivity index (χ1) is 7.64. The molecule has 2 unspecified atom stereocenters. The van der Waals surface area contributed by atoms with Gasteiger partial charge in [-0.25, -0.2) is 8.78 Å². The molecule has 0 heterocycles. The molecule has 1 saturated carbocycles. The summed E-state index contributed by atoms with van der Waals surface area (Å²) in [5, 5.41) is 0. The van der Waals surface area contributed by atoms with Crippen molar-refractivity contribution in [2.24, 2.45) is 5.92 Å². The molecular formula is C13H15ClF2. The van der Waals surface area contributed by atoms with E-state index in [9.17, 15) is 8.78 Å². The Balaban J connectivity index is 2.33. The highest BCUT2D eigenvalue weighted by molar-refractivity contribution is 6.24. The van der Waals surface area contributed by atoms with Gasteiger partial charge in [-0.05, 0) is 18.4 Å². The smallest absolute Gasteiger partial charge is 0.210 e. The SMILES string of the molecule is FC(F)C1CCCCC1(Cl)c1ccccc1. The normalized spacial score (nSPS) is 30.6. The zero-order valence-corrected chi connectivity index (χ0v) is 9.76. The minimum absolute atomic E-state index is 0.524. The number of rotatable bonds is 2. The largest absolute Gasteiger partial charge is 0.243 e. The number of alkyl halides is 3. The minimum atomic E-state index is -2.34. The quantitative estimate of drug-likeness (QED) is 0.669. The standard InChI is InChI=1S/C13H15ClF2/c14-13(10-6-2-1-3-7-10)9-5-4-8-11(13)12(15)16/h1-3,6-7,11-12H,4-5,8-9H2. The lowest BCUT2D eigenvalue weighted by molar-refractivity contribution is 0.0308. The van der Waals surface area contributed by atoms with Gasteiger partial charge in [-0.2, -0.15) is 0 Å². The lowest BCUT2D eigenvalue weighted by Crippen LogP contribution is -2.37. The molecule has 0 radical (unpaired) electrons. The van der Waals surface area contributed by atoms with Crippen LogP contribution in [0.4, 0.5) is 8.78 Å². The molecule has 0 saturated heterocycles. The van der Waals surface area contributed by atoms with Crippen molar-refractivity contribution in [1.29, 1.82) is 0 Å². The van der Waals surface area contributed by atoms with Crippen LogP contribution in [0.15, 0.2) is 30.3 Å². The van der Waals surface area contributed by atoms with E-state index in [0.29, 0.717) is 12.8 Å². The van der Waals surface area contributed by atoms with Crippen LogP contribution in [0.1, 0.15) is 31.2 Å². The second kappa shape index (κ2) is 4.70. The van der Waals surface area contributed by atoms with Crippen LogP contribution in [0.5, 0.6) is 0 Å². The zero-order chi connectivity index (χ0) is 11.6. The molecule has 16 heavy (non-hydrogen) atoms. The second-order valence-electron chi connectivity index (χ2n) is 4.42. The predicted octanol–water partition coefficient (Wildman–Crippen LogP) is 4.58. The molecule has 1 aliphatic rings. The summed E-state index contributed by atoms with van der Waals surface area (Å²) >= 11 is 6.48. The summed E-state index contributed by atoms with van der Waals surface area (Å²) in [6.45, 7) is 0. The van der Waals surface area contributed by atoms with Gasteiger partial charge in [0, 0.05) is 5.92 Å². The lowest BCUT2D eigenvalue weighted by Gasteiger charge is -2.39. The van der Waals surface area contributed by atoms with Gasteiger partial charge in [-0.15, -0.1) is 11.6 Å².